The molecule has 0 saturated heterocycles. The van der Waals surface area contributed by atoms with Crippen LogP contribution in [0.2, 0.25) is 0 Å². The molecule has 6 heteroatoms. The maximum absolute atomic E-state index is 12.0. The summed E-state index contributed by atoms with van der Waals surface area (Å²) in [6.45, 7) is 7.86. The largest absolute Gasteiger partial charge is 0.357 e. The number of halogens is 1. The molecule has 1 aliphatic heterocycles. The topological polar surface area (TPSA) is 70.1 Å². The summed E-state index contributed by atoms with van der Waals surface area (Å²) in [6.07, 6.45) is 0. The van der Waals surface area contributed by atoms with Gasteiger partial charge in [-0.1, -0.05) is 37.5 Å². The molecule has 5 nitrogen and oxygen atoms in total. The number of carbonyl (C=O) groups excluding carboxylic acids is 1. The fourth-order valence-corrected chi connectivity index (χ4v) is 2.09. The van der Waals surface area contributed by atoms with Gasteiger partial charge in [-0.25, -0.2) is 0 Å². The maximum Gasteiger partial charge on any atom is 0.271 e. The maximum atomic E-state index is 12.0. The van der Waals surface area contributed by atoms with Crippen molar-refractivity contribution in [2.45, 2.75) is 33.1 Å². The van der Waals surface area contributed by atoms with Crippen molar-refractivity contribution in [1.29, 1.82) is 5.26 Å². The minimum absolute atomic E-state index is 0.184. The fraction of sp³-hybridized carbons (Fsp3) is 0.462. The van der Waals surface area contributed by atoms with E-state index in [1.54, 1.807) is 6.92 Å². The van der Waals surface area contributed by atoms with Gasteiger partial charge in [0.25, 0.3) is 5.91 Å². The third-order valence-corrected chi connectivity index (χ3v) is 3.41. The Morgan fingerprint density at radius 1 is 1.47 bits per heavy atom. The summed E-state index contributed by atoms with van der Waals surface area (Å²) >= 11 is 5.90. The molecule has 1 aliphatic rings. The van der Waals surface area contributed by atoms with Crippen LogP contribution in [0, 0.1) is 11.3 Å². The van der Waals surface area contributed by atoms with Gasteiger partial charge in [0, 0.05) is 5.41 Å². The van der Waals surface area contributed by atoms with Crippen LogP contribution in [0.15, 0.2) is 15.1 Å². The predicted molar refractivity (Wildman–Crippen MR) is 70.8 cm³/mol. The van der Waals surface area contributed by atoms with Crippen LogP contribution in [0.25, 0.3) is 0 Å². The van der Waals surface area contributed by atoms with Gasteiger partial charge in [-0.05, 0) is 12.5 Å². The molecule has 0 aromatic carbocycles. The molecule has 0 spiro atoms. The molecule has 2 heterocycles. The zero-order chi connectivity index (χ0) is 14.4. The van der Waals surface area contributed by atoms with Crippen LogP contribution < -0.4 is 4.90 Å². The number of amides is 1. The first-order valence-electron chi connectivity index (χ1n) is 5.84. The summed E-state index contributed by atoms with van der Waals surface area (Å²) in [4.78, 5) is 13.4. The molecule has 2 rings (SSSR count). The number of aromatic nitrogens is 1. The molecule has 0 radical (unpaired) electrons. The van der Waals surface area contributed by atoms with E-state index in [-0.39, 0.29) is 22.2 Å². The molecule has 0 saturated carbocycles. The lowest BCUT2D eigenvalue weighted by atomic mass is 9.90. The van der Waals surface area contributed by atoms with E-state index in [4.69, 9.17) is 16.1 Å². The van der Waals surface area contributed by atoms with E-state index < -0.39 is 0 Å². The van der Waals surface area contributed by atoms with E-state index in [0.29, 0.717) is 17.9 Å². The lowest BCUT2D eigenvalue weighted by Crippen LogP contribution is -2.27. The van der Waals surface area contributed by atoms with E-state index in [9.17, 15) is 10.1 Å². The van der Waals surface area contributed by atoms with E-state index >= 15 is 0 Å². The highest BCUT2D eigenvalue weighted by Gasteiger charge is 2.35. The third kappa shape index (κ3) is 2.13. The van der Waals surface area contributed by atoms with Crippen LogP contribution in [0.5, 0.6) is 0 Å². The molecule has 100 valence electrons. The highest BCUT2D eigenvalue weighted by molar-refractivity contribution is 6.45. The van der Waals surface area contributed by atoms with Gasteiger partial charge in [-0.2, -0.15) is 5.26 Å². The van der Waals surface area contributed by atoms with Crippen molar-refractivity contribution in [2.75, 3.05) is 11.4 Å². The molecule has 0 fully saturated rings. The Bertz CT molecular complexity index is 617. The minimum Gasteiger partial charge on any atom is -0.357 e. The number of rotatable bonds is 1. The fourth-order valence-electron chi connectivity index (χ4n) is 1.93. The molecule has 1 aromatic heterocycles. The van der Waals surface area contributed by atoms with Crippen LogP contribution in [0.3, 0.4) is 0 Å². The Balaban J connectivity index is 2.48. The summed E-state index contributed by atoms with van der Waals surface area (Å²) in [5, 5.41) is 13.4. The van der Waals surface area contributed by atoms with Crippen molar-refractivity contribution >= 4 is 23.3 Å². The molecule has 19 heavy (non-hydrogen) atoms. The molecular weight excluding hydrogens is 266 g/mol. The van der Waals surface area contributed by atoms with Crippen molar-refractivity contribution in [3.63, 3.8) is 0 Å². The first-order valence-corrected chi connectivity index (χ1v) is 6.22. The third-order valence-electron chi connectivity index (χ3n) is 2.93. The average Bonchev–Trinajstić information content (AvgIpc) is 2.85. The zero-order valence-electron chi connectivity index (χ0n) is 11.2. The van der Waals surface area contributed by atoms with Crippen molar-refractivity contribution in [2.24, 2.45) is 0 Å². The Labute approximate surface area is 116 Å². The Kier molecular flexibility index (Phi) is 3.15. The van der Waals surface area contributed by atoms with Gasteiger partial charge in [0.2, 0.25) is 0 Å². The highest BCUT2D eigenvalue weighted by Crippen LogP contribution is 2.34. The van der Waals surface area contributed by atoms with Crippen molar-refractivity contribution in [3.8, 4) is 6.07 Å². The Morgan fingerprint density at radius 3 is 2.53 bits per heavy atom. The predicted octanol–water partition coefficient (Wildman–Crippen LogP) is 2.70. The second-order valence-electron chi connectivity index (χ2n) is 5.56. The van der Waals surface area contributed by atoms with E-state index in [1.165, 1.54) is 4.90 Å². The molecular formula is C13H14ClN3O2. The van der Waals surface area contributed by atoms with Gasteiger partial charge in [-0.15, -0.1) is 0 Å². The lowest BCUT2D eigenvalue weighted by Gasteiger charge is -2.15. The molecule has 0 unspecified atom stereocenters. The SMILES string of the molecule is CC1=C(Cl)C(=O)N(c2noc(C(C)(C)C)c2C#N)C1. The smallest absolute Gasteiger partial charge is 0.271 e. The first kappa shape index (κ1) is 13.6. The molecule has 0 atom stereocenters. The molecule has 1 aromatic rings. The monoisotopic (exact) mass is 279 g/mol. The van der Waals surface area contributed by atoms with Gasteiger partial charge in [0.1, 0.15) is 16.7 Å². The van der Waals surface area contributed by atoms with E-state index in [2.05, 4.69) is 11.2 Å². The molecule has 0 aliphatic carbocycles. The van der Waals surface area contributed by atoms with Gasteiger partial charge < -0.3 is 4.52 Å². The van der Waals surface area contributed by atoms with Gasteiger partial charge in [0.15, 0.2) is 11.6 Å². The summed E-state index contributed by atoms with van der Waals surface area (Å²) < 4.78 is 5.25. The molecule has 0 bridgehead atoms. The molecule has 0 N–H and O–H groups in total. The van der Waals surface area contributed by atoms with Crippen molar-refractivity contribution < 1.29 is 9.32 Å². The number of hydrogen-bond acceptors (Lipinski definition) is 4. The minimum atomic E-state index is -0.356. The quantitative estimate of drug-likeness (QED) is 0.792. The van der Waals surface area contributed by atoms with Gasteiger partial charge in [0.05, 0.1) is 6.54 Å². The summed E-state index contributed by atoms with van der Waals surface area (Å²) in [5.41, 5.74) is 0.696. The molecule has 1 amide bonds. The van der Waals surface area contributed by atoms with Crippen LogP contribution >= 0.6 is 11.6 Å². The normalized spacial score (nSPS) is 16.2. The summed E-state index contributed by atoms with van der Waals surface area (Å²) in [6, 6.07) is 2.07. The van der Waals surface area contributed by atoms with Crippen molar-refractivity contribution in [1.82, 2.24) is 5.16 Å². The summed E-state index contributed by atoms with van der Waals surface area (Å²) in [7, 11) is 0. The second kappa shape index (κ2) is 4.39. The van der Waals surface area contributed by atoms with Crippen molar-refractivity contribution in [3.05, 3.63) is 21.9 Å². The standard InChI is InChI=1S/C13H14ClN3O2/c1-7-6-17(12(18)9(7)14)11-8(5-15)10(19-16-11)13(2,3)4/h6H2,1-4H3. The van der Waals surface area contributed by atoms with Crippen LogP contribution in [0.4, 0.5) is 5.82 Å². The van der Waals surface area contributed by atoms with Gasteiger partial charge >= 0.3 is 0 Å². The number of nitrogens with zero attached hydrogens (tertiary/aromatic N) is 3. The Morgan fingerprint density at radius 2 is 2.11 bits per heavy atom. The zero-order valence-corrected chi connectivity index (χ0v) is 12.0. The highest BCUT2D eigenvalue weighted by atomic mass is 35.5. The first-order chi connectivity index (χ1) is 8.77. The number of hydrogen-bond donors (Lipinski definition) is 0. The average molecular weight is 280 g/mol. The summed E-state index contributed by atoms with van der Waals surface area (Å²) in [5.74, 6) is 0.371. The van der Waals surface area contributed by atoms with Crippen LogP contribution in [-0.2, 0) is 10.2 Å². The van der Waals surface area contributed by atoms with Crippen LogP contribution in [0.1, 0.15) is 39.0 Å². The lowest BCUT2D eigenvalue weighted by molar-refractivity contribution is -0.114. The van der Waals surface area contributed by atoms with E-state index in [1.807, 2.05) is 20.8 Å². The Hall–Kier alpha value is -1.80. The number of nitriles is 1. The van der Waals surface area contributed by atoms with Gasteiger partial charge in [-0.3, -0.25) is 9.69 Å². The van der Waals surface area contributed by atoms with E-state index in [0.717, 1.165) is 5.57 Å². The van der Waals surface area contributed by atoms with Crippen LogP contribution in [-0.4, -0.2) is 17.6 Å². The second-order valence-corrected chi connectivity index (χ2v) is 5.94. The number of anilines is 1. The number of carbonyl (C=O) groups is 1.